The van der Waals surface area contributed by atoms with Crippen LogP contribution in [0.1, 0.15) is 23.0 Å². The third-order valence-corrected chi connectivity index (χ3v) is 5.16. The van der Waals surface area contributed by atoms with Crippen LogP contribution in [0, 0.1) is 6.92 Å². The van der Waals surface area contributed by atoms with Crippen molar-refractivity contribution in [2.24, 2.45) is 0 Å². The van der Waals surface area contributed by atoms with Gasteiger partial charge in [-0.25, -0.2) is 4.98 Å². The first-order valence-corrected chi connectivity index (χ1v) is 9.28. The van der Waals surface area contributed by atoms with Gasteiger partial charge in [-0.3, -0.25) is 10.1 Å². The second-order valence-electron chi connectivity index (χ2n) is 5.73. The molecule has 0 atom stereocenters. The van der Waals surface area contributed by atoms with Crippen LogP contribution in [0.5, 0.6) is 5.75 Å². The minimum atomic E-state index is -0.334. The summed E-state index contributed by atoms with van der Waals surface area (Å²) in [6.07, 6.45) is 0. The minimum Gasteiger partial charge on any atom is -0.494 e. The van der Waals surface area contributed by atoms with Crippen LogP contribution in [-0.2, 0) is 0 Å². The van der Waals surface area contributed by atoms with E-state index in [9.17, 15) is 4.79 Å². The molecule has 0 bridgehead atoms. The monoisotopic (exact) mass is 386 g/mol. The van der Waals surface area contributed by atoms with Gasteiger partial charge < -0.3 is 9.15 Å². The van der Waals surface area contributed by atoms with E-state index >= 15 is 0 Å². The quantitative estimate of drug-likeness (QED) is 0.491. The lowest BCUT2D eigenvalue weighted by Gasteiger charge is -2.00. The van der Waals surface area contributed by atoms with E-state index in [1.54, 1.807) is 18.2 Å². The Bertz CT molecular complexity index is 1130. The molecule has 1 N–H and O–H groups in total. The van der Waals surface area contributed by atoms with Gasteiger partial charge in [0.15, 0.2) is 10.9 Å². The van der Waals surface area contributed by atoms with Crippen molar-refractivity contribution in [3.63, 3.8) is 0 Å². The summed E-state index contributed by atoms with van der Waals surface area (Å²) < 4.78 is 12.1. The van der Waals surface area contributed by atoms with Gasteiger partial charge in [-0.15, -0.1) is 0 Å². The van der Waals surface area contributed by atoms with Crippen molar-refractivity contribution in [3.8, 4) is 5.75 Å². The number of ether oxygens (including phenoxy) is 1. The summed E-state index contributed by atoms with van der Waals surface area (Å²) in [5, 5.41) is 4.76. The van der Waals surface area contributed by atoms with E-state index < -0.39 is 0 Å². The first-order chi connectivity index (χ1) is 12.5. The molecule has 2 heterocycles. The average molecular weight is 387 g/mol. The molecule has 2 aromatic heterocycles. The summed E-state index contributed by atoms with van der Waals surface area (Å²) in [5.74, 6) is 0.710. The Morgan fingerprint density at radius 1 is 1.31 bits per heavy atom. The number of aryl methyl sites for hydroxylation is 1. The molecular formula is C19H15ClN2O3S. The van der Waals surface area contributed by atoms with Gasteiger partial charge in [0.1, 0.15) is 11.3 Å². The Morgan fingerprint density at radius 3 is 2.96 bits per heavy atom. The number of amides is 1. The first-order valence-electron chi connectivity index (χ1n) is 8.08. The third kappa shape index (κ3) is 3.02. The van der Waals surface area contributed by atoms with Crippen LogP contribution in [0.2, 0.25) is 5.02 Å². The standard InChI is InChI=1S/C19H15ClN2O3S/c1-3-24-12-5-6-14-16(9-12)26-19(21-14)22-18(23)17-10(2)13-8-11(20)4-7-15(13)25-17/h4-9H,3H2,1-2H3,(H,21,22,23). The summed E-state index contributed by atoms with van der Waals surface area (Å²) in [6.45, 7) is 4.37. The number of aromatic nitrogens is 1. The molecule has 0 aliphatic heterocycles. The molecule has 132 valence electrons. The van der Waals surface area contributed by atoms with Crippen molar-refractivity contribution in [3.05, 3.63) is 52.7 Å². The fraction of sp³-hybridized carbons (Fsp3) is 0.158. The van der Waals surface area contributed by atoms with Crippen molar-refractivity contribution >= 4 is 55.2 Å². The van der Waals surface area contributed by atoms with E-state index in [0.717, 1.165) is 26.9 Å². The molecule has 2 aromatic carbocycles. The van der Waals surface area contributed by atoms with E-state index in [-0.39, 0.29) is 11.7 Å². The van der Waals surface area contributed by atoms with Gasteiger partial charge >= 0.3 is 0 Å². The highest BCUT2D eigenvalue weighted by Gasteiger charge is 2.19. The Kier molecular flexibility index (Phi) is 4.30. The summed E-state index contributed by atoms with van der Waals surface area (Å²) in [4.78, 5) is 17.1. The van der Waals surface area contributed by atoms with E-state index in [0.29, 0.717) is 22.3 Å². The van der Waals surface area contributed by atoms with Crippen molar-refractivity contribution in [1.29, 1.82) is 0 Å². The molecule has 1 amide bonds. The molecular weight excluding hydrogens is 372 g/mol. The number of rotatable bonds is 4. The van der Waals surface area contributed by atoms with Crippen LogP contribution < -0.4 is 10.1 Å². The van der Waals surface area contributed by atoms with Gasteiger partial charge in [0.2, 0.25) is 0 Å². The van der Waals surface area contributed by atoms with Gasteiger partial charge in [-0.1, -0.05) is 22.9 Å². The Morgan fingerprint density at radius 2 is 2.15 bits per heavy atom. The first kappa shape index (κ1) is 16.9. The van der Waals surface area contributed by atoms with Gasteiger partial charge in [-0.2, -0.15) is 0 Å². The maximum absolute atomic E-state index is 12.6. The molecule has 0 fully saturated rings. The molecule has 5 nitrogen and oxygen atoms in total. The molecule has 0 aliphatic carbocycles. The average Bonchev–Trinajstić information content (AvgIpc) is 3.15. The van der Waals surface area contributed by atoms with Crippen LogP contribution in [0.4, 0.5) is 5.13 Å². The second kappa shape index (κ2) is 6.63. The Hall–Kier alpha value is -2.57. The van der Waals surface area contributed by atoms with Crippen molar-refractivity contribution in [1.82, 2.24) is 4.98 Å². The lowest BCUT2D eigenvalue weighted by Crippen LogP contribution is -2.11. The Labute approximate surface area is 158 Å². The third-order valence-electron chi connectivity index (χ3n) is 4.00. The molecule has 0 unspecified atom stereocenters. The molecule has 7 heteroatoms. The second-order valence-corrected chi connectivity index (χ2v) is 7.20. The van der Waals surface area contributed by atoms with E-state index in [4.69, 9.17) is 20.8 Å². The van der Waals surface area contributed by atoms with Crippen LogP contribution in [-0.4, -0.2) is 17.5 Å². The zero-order chi connectivity index (χ0) is 18.3. The predicted octanol–water partition coefficient (Wildman–Crippen LogP) is 5.66. The van der Waals surface area contributed by atoms with Crippen LogP contribution in [0.3, 0.4) is 0 Å². The maximum atomic E-state index is 12.6. The number of halogens is 1. The number of fused-ring (bicyclic) bond motifs is 2. The number of hydrogen-bond acceptors (Lipinski definition) is 5. The van der Waals surface area contributed by atoms with Gasteiger partial charge in [0, 0.05) is 16.0 Å². The van der Waals surface area contributed by atoms with Gasteiger partial charge in [-0.05, 0) is 50.2 Å². The van der Waals surface area contributed by atoms with Crippen molar-refractivity contribution < 1.29 is 13.9 Å². The molecule has 4 aromatic rings. The number of thiazole rings is 1. The van der Waals surface area contributed by atoms with E-state index in [2.05, 4.69) is 10.3 Å². The number of carbonyl (C=O) groups is 1. The molecule has 0 saturated carbocycles. The number of anilines is 1. The molecule has 0 spiro atoms. The summed E-state index contributed by atoms with van der Waals surface area (Å²) >= 11 is 7.42. The lowest BCUT2D eigenvalue weighted by atomic mass is 10.1. The Balaban J connectivity index is 1.63. The molecule has 26 heavy (non-hydrogen) atoms. The summed E-state index contributed by atoms with van der Waals surface area (Å²) in [5.41, 5.74) is 2.18. The summed E-state index contributed by atoms with van der Waals surface area (Å²) in [7, 11) is 0. The van der Waals surface area contributed by atoms with Crippen LogP contribution >= 0.6 is 22.9 Å². The highest BCUT2D eigenvalue weighted by Crippen LogP contribution is 2.31. The number of carbonyl (C=O) groups excluding carboxylic acids is 1. The topological polar surface area (TPSA) is 64.4 Å². The normalized spacial score (nSPS) is 11.2. The fourth-order valence-electron chi connectivity index (χ4n) is 2.78. The lowest BCUT2D eigenvalue weighted by molar-refractivity contribution is 0.0998. The SMILES string of the molecule is CCOc1ccc2nc(NC(=O)c3oc4ccc(Cl)cc4c3C)sc2c1. The zero-order valence-electron chi connectivity index (χ0n) is 14.1. The van der Waals surface area contributed by atoms with Gasteiger partial charge in [0.25, 0.3) is 5.91 Å². The molecule has 0 radical (unpaired) electrons. The van der Waals surface area contributed by atoms with Crippen LogP contribution in [0.15, 0.2) is 40.8 Å². The van der Waals surface area contributed by atoms with Crippen LogP contribution in [0.25, 0.3) is 21.2 Å². The van der Waals surface area contributed by atoms with E-state index in [1.165, 1.54) is 11.3 Å². The van der Waals surface area contributed by atoms with Crippen molar-refractivity contribution in [2.45, 2.75) is 13.8 Å². The van der Waals surface area contributed by atoms with Crippen molar-refractivity contribution in [2.75, 3.05) is 11.9 Å². The number of nitrogens with one attached hydrogen (secondary N) is 1. The minimum absolute atomic E-state index is 0.261. The van der Waals surface area contributed by atoms with E-state index in [1.807, 2.05) is 32.0 Å². The fourth-order valence-corrected chi connectivity index (χ4v) is 3.84. The number of benzene rings is 2. The maximum Gasteiger partial charge on any atom is 0.293 e. The largest absolute Gasteiger partial charge is 0.494 e. The molecule has 4 rings (SSSR count). The summed E-state index contributed by atoms with van der Waals surface area (Å²) in [6, 6.07) is 10.9. The molecule has 0 aliphatic rings. The zero-order valence-corrected chi connectivity index (χ0v) is 15.7. The highest BCUT2D eigenvalue weighted by molar-refractivity contribution is 7.22. The van der Waals surface area contributed by atoms with Gasteiger partial charge in [0.05, 0.1) is 16.8 Å². The number of furan rings is 1. The number of hydrogen-bond donors (Lipinski definition) is 1. The highest BCUT2D eigenvalue weighted by atomic mass is 35.5. The smallest absolute Gasteiger partial charge is 0.293 e. The molecule has 0 saturated heterocycles. The number of nitrogens with zero attached hydrogens (tertiary/aromatic N) is 1. The predicted molar refractivity (Wildman–Crippen MR) is 105 cm³/mol.